The Morgan fingerprint density at radius 1 is 0.411 bits per heavy atom. The maximum Gasteiger partial charge on any atom is 0.428 e. The first-order valence-electron chi connectivity index (χ1n) is 26.7. The van der Waals surface area contributed by atoms with E-state index in [4.69, 9.17) is 11.5 Å². The van der Waals surface area contributed by atoms with E-state index in [9.17, 15) is 187 Å². The van der Waals surface area contributed by atoms with Crippen molar-refractivity contribution in [2.24, 2.45) is 4.99 Å². The number of carbonyl (C=O) groups excluding carboxylic acids is 6. The number of carbonyl (C=O) groups is 5. The predicted octanol–water partition coefficient (Wildman–Crippen LogP) is 10.0. The molecule has 0 heterocycles. The van der Waals surface area contributed by atoms with Crippen molar-refractivity contribution < 1.29 is 259 Å². The largest absolute Gasteiger partial charge is 0.463 e. The van der Waals surface area contributed by atoms with Gasteiger partial charge in [0.2, 0.25) is 6.08 Å². The van der Waals surface area contributed by atoms with Crippen LogP contribution in [0.25, 0.3) is 0 Å². The van der Waals surface area contributed by atoms with Crippen LogP contribution in [-0.4, -0.2) is 263 Å². The normalized spacial score (nSPS) is 14.7. The number of ether oxygens (including phenoxy) is 13. The number of esters is 4. The highest BCUT2D eigenvalue weighted by molar-refractivity contribution is 5.82. The van der Waals surface area contributed by atoms with Gasteiger partial charge in [-0.15, -0.1) is 0 Å². The molecule has 0 spiro atoms. The standard InChI is InChI=1S/C27H27F18NO12.C14H12F18O6.C6H7NO3.BH/c1-3-14(47)51-8-5-6-16(49)53-12-20(30,31)24(38,39)26(42,43)57-17(28)22(34,35)55-10-11-56-23(36,37)18(29)58-27(44,45)25(40,41)21(32,33)13-54-19(50)46-7-9-52-15(48)4-2;15-5(37-13(29,30)11(25,26)7(17,18)3-33)9(21,22)35-1-2-36-10(23,24)6(16)38-14(31,32)12(27,28)8(19,20)4-34;1-2-6(9)10-4-3-7-5-8;/h3-4,17-18H,1-2,5-13H2,(H,46,50);5-6,33-34H,1-4H2;2H,1,3-4H2;1H/i;;;1T. The van der Waals surface area contributed by atoms with Crippen LogP contribution >= 0.6 is 0 Å². The summed E-state index contributed by atoms with van der Waals surface area (Å²) in [6, 6.07) is 0. The predicted molar refractivity (Wildman–Crippen MR) is 264 cm³/mol. The third-order valence-electron chi connectivity index (χ3n) is 10.3. The van der Waals surface area contributed by atoms with E-state index in [1.807, 2.05) is 0 Å². The lowest BCUT2D eigenvalue weighted by molar-refractivity contribution is -0.458. The Morgan fingerprint density at radius 3 is 0.944 bits per heavy atom. The molecule has 0 saturated carbocycles. The van der Waals surface area contributed by atoms with Gasteiger partial charge in [0.1, 0.15) is 26.4 Å². The van der Waals surface area contributed by atoms with E-state index >= 15 is 0 Å². The minimum Gasteiger partial charge on any atom is -0.463 e. The zero-order valence-corrected chi connectivity index (χ0v) is 51.6. The van der Waals surface area contributed by atoms with Crippen LogP contribution in [0.5, 0.6) is 0 Å². The van der Waals surface area contributed by atoms with E-state index in [1.165, 1.54) is 11.4 Å². The number of aliphatic hydroxyl groups excluding tert-OH is 2. The van der Waals surface area contributed by atoms with Crippen molar-refractivity contribution in [3.63, 3.8) is 0 Å². The summed E-state index contributed by atoms with van der Waals surface area (Å²) in [4.78, 5) is 67.2. The van der Waals surface area contributed by atoms with E-state index in [-0.39, 0.29) is 13.2 Å². The molecule has 0 aromatic rings. The van der Waals surface area contributed by atoms with Gasteiger partial charge in [0.25, 0.3) is 25.4 Å². The molecule has 60 heteroatoms. The number of aliphatic imine (C=N–C) groups is 1. The summed E-state index contributed by atoms with van der Waals surface area (Å²) in [6.07, 6.45) is -71.8. The molecule has 0 rings (SSSR count). The van der Waals surface area contributed by atoms with Crippen molar-refractivity contribution in [2.45, 2.75) is 135 Å². The van der Waals surface area contributed by atoms with Gasteiger partial charge in [-0.3, -0.25) is 23.7 Å². The Balaban J connectivity index is -0.000000920. The molecule has 0 aromatic carbocycles. The van der Waals surface area contributed by atoms with Crippen LogP contribution in [0.2, 0.25) is 0 Å². The van der Waals surface area contributed by atoms with E-state index in [2.05, 4.69) is 94.7 Å². The van der Waals surface area contributed by atoms with Crippen LogP contribution in [-0.2, 0) is 85.6 Å². The second-order valence-corrected chi connectivity index (χ2v) is 18.2. The van der Waals surface area contributed by atoms with Gasteiger partial charge in [-0.2, -0.15) is 140 Å². The quantitative estimate of drug-likeness (QED) is 0.00746. The third-order valence-corrected chi connectivity index (χ3v) is 10.3. The molecule has 0 aliphatic rings. The fraction of sp³-hybridized carbons (Fsp3) is 0.745. The van der Waals surface area contributed by atoms with Crippen LogP contribution < -0.4 is 5.32 Å². The molecular weight excluding hydrogens is 1620 g/mol. The first-order valence-corrected chi connectivity index (χ1v) is 26.1. The number of nitrogens with one attached hydrogen (secondary N) is 1. The van der Waals surface area contributed by atoms with Gasteiger partial charge in [0, 0.05) is 33.0 Å². The molecule has 4 unspecified atom stereocenters. The van der Waals surface area contributed by atoms with Gasteiger partial charge in [0.15, 0.2) is 13.2 Å². The number of amides is 1. The second kappa shape index (κ2) is 42.2. The molecule has 107 heavy (non-hydrogen) atoms. The first-order chi connectivity index (χ1) is 48.6. The lowest BCUT2D eigenvalue weighted by Crippen LogP contribution is -2.59. The highest BCUT2D eigenvalue weighted by Gasteiger charge is 2.78. The molecule has 4 atom stereocenters. The van der Waals surface area contributed by atoms with E-state index in [0.29, 0.717) is 12.2 Å². The van der Waals surface area contributed by atoms with Crippen molar-refractivity contribution in [2.75, 3.05) is 85.8 Å². The molecule has 0 bridgehead atoms. The Kier molecular flexibility index (Phi) is 41.0. The Hall–Kier alpha value is -7.11. The van der Waals surface area contributed by atoms with Gasteiger partial charge in [0.05, 0.1) is 46.1 Å². The van der Waals surface area contributed by atoms with Gasteiger partial charge >= 0.3 is 126 Å². The van der Waals surface area contributed by atoms with Crippen molar-refractivity contribution in [3.8, 4) is 0 Å². The van der Waals surface area contributed by atoms with Crippen molar-refractivity contribution >= 4 is 44.4 Å². The number of halogens is 36. The zero-order valence-electron chi connectivity index (χ0n) is 52.6. The molecule has 3 N–H and O–H groups in total. The molecule has 2 radical (unpaired) electrons. The van der Waals surface area contributed by atoms with Crippen LogP contribution in [0, 0.1) is 0 Å². The number of hydrogen-bond acceptors (Lipinski definition) is 22. The molecule has 23 nitrogen and oxygen atoms in total. The maximum atomic E-state index is 13.9. The number of nitrogens with zero attached hydrogens (tertiary/aromatic N) is 1. The number of hydrogen-bond donors (Lipinski definition) is 3. The Bertz CT molecular complexity index is 2690. The molecule has 0 aliphatic carbocycles. The van der Waals surface area contributed by atoms with Gasteiger partial charge < -0.3 is 58.2 Å². The van der Waals surface area contributed by atoms with Crippen LogP contribution in [0.1, 0.15) is 12.8 Å². The number of rotatable bonds is 49. The summed E-state index contributed by atoms with van der Waals surface area (Å²) < 4.78 is 529. The number of aliphatic hydroxyl groups is 2. The minimum atomic E-state index is -7.01. The summed E-state index contributed by atoms with van der Waals surface area (Å²) >= 11 is 0. The summed E-state index contributed by atoms with van der Waals surface area (Å²) in [5, 5.41) is 17.4. The summed E-state index contributed by atoms with van der Waals surface area (Å²) in [5.74, 6) is -56.6. The van der Waals surface area contributed by atoms with Crippen LogP contribution in [0.15, 0.2) is 43.0 Å². The van der Waals surface area contributed by atoms with Crippen LogP contribution in [0.4, 0.5) is 163 Å². The van der Waals surface area contributed by atoms with Gasteiger partial charge in [-0.1, -0.05) is 19.7 Å². The third kappa shape index (κ3) is 31.8. The topological polar surface area (TPSA) is 287 Å². The summed E-state index contributed by atoms with van der Waals surface area (Å²) in [5.41, 5.74) is 0. The number of alkyl carbamates (subject to hydrolysis) is 1. The zero-order chi connectivity index (χ0) is 86.2. The molecule has 0 aliphatic heterocycles. The fourth-order valence-electron chi connectivity index (χ4n) is 4.85. The smallest absolute Gasteiger partial charge is 0.428 e. The molecule has 0 fully saturated rings. The fourth-order valence-corrected chi connectivity index (χ4v) is 4.85. The lowest BCUT2D eigenvalue weighted by Gasteiger charge is -2.33. The SMILES string of the molecule is C=CC(=O)OCCCC(=O)OCC(F)(F)C(F)(F)C(F)(F)OC(F)C(F)(F)OCCOC(F)(F)C(F)OC(F)(F)C(F)(F)C(F)(F)COC(=O)NCCOC(=O)C=C.C=CC(=O)OCCN=C=O.OCC(F)(F)C(F)(F)C(F)(F)OC(F)C(F)(F)OCCOC(F)(F)C(F)OC(F)(F)C(F)(F)C(F)(F)CO.[3H][B]. The minimum absolute atomic E-state index is 0.0973. The highest BCUT2D eigenvalue weighted by Crippen LogP contribution is 2.52. The van der Waals surface area contributed by atoms with Crippen molar-refractivity contribution in [1.29, 1.82) is 1.34 Å². The molecule has 626 valence electrons. The lowest BCUT2D eigenvalue weighted by atomic mass is 10.1. The molecule has 0 saturated heterocycles. The maximum absolute atomic E-state index is 13.9. The van der Waals surface area contributed by atoms with Crippen molar-refractivity contribution in [3.05, 3.63) is 38.0 Å². The average molecular weight is 1670 g/mol. The van der Waals surface area contributed by atoms with E-state index in [1.54, 1.807) is 0 Å². The second-order valence-electron chi connectivity index (χ2n) is 18.2. The van der Waals surface area contributed by atoms with Crippen molar-refractivity contribution in [1.82, 2.24) is 5.32 Å². The van der Waals surface area contributed by atoms with Gasteiger partial charge in [-0.25, -0.2) is 46.5 Å². The van der Waals surface area contributed by atoms with Gasteiger partial charge in [-0.05, 0) is 7.76 Å². The number of alkyl halides is 36. The molecule has 0 aromatic heterocycles. The Morgan fingerprint density at radius 2 is 0.673 bits per heavy atom. The van der Waals surface area contributed by atoms with E-state index < -0.39 is 237 Å². The molecular formula is C47H47BF36N2O21. The van der Waals surface area contributed by atoms with E-state index in [0.717, 1.165) is 6.08 Å². The van der Waals surface area contributed by atoms with Crippen LogP contribution in [0.3, 0.4) is 0 Å². The summed E-state index contributed by atoms with van der Waals surface area (Å²) in [7, 11) is 3.75. The first kappa shape index (κ1) is 104. The summed E-state index contributed by atoms with van der Waals surface area (Å²) in [6.45, 7) is -13.7. The monoisotopic (exact) mass is 1670 g/mol. The number of isocyanates is 1. The molecule has 1 amide bonds. The Labute approximate surface area is 573 Å². The average Bonchev–Trinajstić information content (AvgIpc) is 0.783. The highest BCUT2D eigenvalue weighted by atomic mass is 19.4.